The van der Waals surface area contributed by atoms with Crippen molar-refractivity contribution in [3.8, 4) is 0 Å². The van der Waals surface area contributed by atoms with Gasteiger partial charge < -0.3 is 9.47 Å². The van der Waals surface area contributed by atoms with Gasteiger partial charge in [-0.3, -0.25) is 9.59 Å². The summed E-state index contributed by atoms with van der Waals surface area (Å²) in [4.78, 5) is 23.7. The average Bonchev–Trinajstić information content (AvgIpc) is 2.99. The van der Waals surface area contributed by atoms with Crippen LogP contribution in [-0.2, 0) is 19.1 Å². The van der Waals surface area contributed by atoms with Gasteiger partial charge in [0.05, 0.1) is 0 Å². The maximum Gasteiger partial charge on any atom is 0.305 e. The Morgan fingerprint density at radius 3 is 0.952 bits per heavy atom. The van der Waals surface area contributed by atoms with Gasteiger partial charge in [0.2, 0.25) is 0 Å². The number of esters is 2. The summed E-state index contributed by atoms with van der Waals surface area (Å²) < 4.78 is 10.4. The molecule has 0 aromatic rings. The van der Waals surface area contributed by atoms with Gasteiger partial charge >= 0.3 is 11.9 Å². The predicted molar refractivity (Wildman–Crippen MR) is 181 cm³/mol. The Hall–Kier alpha value is -1.58. The Labute approximate surface area is 261 Å². The molecule has 4 nitrogen and oxygen atoms in total. The summed E-state index contributed by atoms with van der Waals surface area (Å²) in [6, 6.07) is 0. The lowest BCUT2D eigenvalue weighted by atomic mass is 10.1. The number of carbonyl (C=O) groups is 2. The molecular formula is C38H70O4. The van der Waals surface area contributed by atoms with Crippen LogP contribution in [-0.4, -0.2) is 25.2 Å². The third kappa shape index (κ3) is 34.6. The summed E-state index contributed by atoms with van der Waals surface area (Å²) in [5.74, 6) is -0.359. The van der Waals surface area contributed by atoms with Gasteiger partial charge in [-0.05, 0) is 64.2 Å². The first-order valence-electron chi connectivity index (χ1n) is 18.3. The Bertz CT molecular complexity index is 571. The van der Waals surface area contributed by atoms with E-state index in [0.717, 1.165) is 25.7 Å². The van der Waals surface area contributed by atoms with Crippen LogP contribution in [0.4, 0.5) is 0 Å². The molecule has 0 amide bonds. The number of hydrogen-bond donors (Lipinski definition) is 0. The summed E-state index contributed by atoms with van der Waals surface area (Å²) in [6.07, 6.45) is 42.7. The second-order valence-corrected chi connectivity index (χ2v) is 12.1. The number of rotatable bonds is 33. The van der Waals surface area contributed by atoms with Gasteiger partial charge in [0, 0.05) is 12.8 Å². The molecule has 0 fully saturated rings. The van der Waals surface area contributed by atoms with Gasteiger partial charge in [0.25, 0.3) is 0 Å². The Morgan fingerprint density at radius 1 is 0.381 bits per heavy atom. The molecule has 0 aliphatic carbocycles. The van der Waals surface area contributed by atoms with Crippen molar-refractivity contribution >= 4 is 11.9 Å². The first kappa shape index (κ1) is 40.4. The number of unbranched alkanes of at least 4 members (excludes halogenated alkanes) is 22. The zero-order valence-corrected chi connectivity index (χ0v) is 28.2. The maximum absolute atomic E-state index is 11.9. The van der Waals surface area contributed by atoms with Crippen molar-refractivity contribution in [3.05, 3.63) is 24.3 Å². The normalized spacial score (nSPS) is 11.6. The van der Waals surface area contributed by atoms with Crippen LogP contribution in [0, 0.1) is 0 Å². The monoisotopic (exact) mass is 591 g/mol. The predicted octanol–water partition coefficient (Wildman–Crippen LogP) is 12.1. The molecule has 246 valence electrons. The molecule has 0 aromatic heterocycles. The zero-order chi connectivity index (χ0) is 30.6. The molecule has 0 saturated heterocycles. The number of ether oxygens (including phenoxy) is 2. The molecule has 0 bridgehead atoms. The van der Waals surface area contributed by atoms with Crippen LogP contribution in [0.15, 0.2) is 24.3 Å². The van der Waals surface area contributed by atoms with Crippen LogP contribution in [0.5, 0.6) is 0 Å². The first-order chi connectivity index (χ1) is 20.7. The summed E-state index contributed by atoms with van der Waals surface area (Å²) in [5, 5.41) is 0. The minimum Gasteiger partial charge on any atom is -0.462 e. The molecule has 0 N–H and O–H groups in total. The smallest absolute Gasteiger partial charge is 0.305 e. The van der Waals surface area contributed by atoms with E-state index in [1.165, 1.54) is 141 Å². The quantitative estimate of drug-likeness (QED) is 0.0433. The molecule has 0 spiro atoms. The summed E-state index contributed by atoms with van der Waals surface area (Å²) in [7, 11) is 0. The van der Waals surface area contributed by atoms with Gasteiger partial charge in [-0.1, -0.05) is 141 Å². The second kappa shape index (κ2) is 35.6. The molecule has 42 heavy (non-hydrogen) atoms. The SMILES string of the molecule is CCCCCCCCC=CCCCCCCCC(=O)OCCOC(=O)CCCCCCC/C=C/CCCCCCCC. The van der Waals surface area contributed by atoms with Gasteiger partial charge in [-0.15, -0.1) is 0 Å². The number of hydrogen-bond acceptors (Lipinski definition) is 4. The highest BCUT2D eigenvalue weighted by molar-refractivity contribution is 5.70. The molecule has 0 heterocycles. The summed E-state index contributed by atoms with van der Waals surface area (Å²) in [6.45, 7) is 4.87. The van der Waals surface area contributed by atoms with E-state index >= 15 is 0 Å². The fourth-order valence-corrected chi connectivity index (χ4v) is 5.14. The van der Waals surface area contributed by atoms with Crippen molar-refractivity contribution in [2.24, 2.45) is 0 Å². The van der Waals surface area contributed by atoms with Crippen molar-refractivity contribution in [2.45, 2.75) is 194 Å². The minimum absolute atomic E-state index is 0.169. The van der Waals surface area contributed by atoms with Crippen LogP contribution >= 0.6 is 0 Å². The van der Waals surface area contributed by atoms with Gasteiger partial charge in [0.15, 0.2) is 0 Å². The van der Waals surface area contributed by atoms with Crippen LogP contribution < -0.4 is 0 Å². The lowest BCUT2D eigenvalue weighted by Crippen LogP contribution is -2.13. The number of carbonyl (C=O) groups excluding carboxylic acids is 2. The third-order valence-corrected chi connectivity index (χ3v) is 7.89. The van der Waals surface area contributed by atoms with Gasteiger partial charge in [0.1, 0.15) is 13.2 Å². The Balaban J connectivity index is 3.34. The minimum atomic E-state index is -0.180. The molecule has 0 saturated carbocycles. The highest BCUT2D eigenvalue weighted by Gasteiger charge is 2.05. The highest BCUT2D eigenvalue weighted by atomic mass is 16.6. The van der Waals surface area contributed by atoms with Crippen LogP contribution in [0.3, 0.4) is 0 Å². The van der Waals surface area contributed by atoms with E-state index in [-0.39, 0.29) is 25.2 Å². The van der Waals surface area contributed by atoms with Crippen LogP contribution in [0.25, 0.3) is 0 Å². The standard InChI is InChI=1S/C38H70O4/c1-3-5-7-9-11-13-15-17-19-21-23-25-27-29-31-33-37(39)41-35-36-42-38(40)34-32-30-28-26-24-22-20-18-16-14-12-10-8-6-4-2/h17-20H,3-16,21-36H2,1-2H3/b19-17+,20-18?. The van der Waals surface area contributed by atoms with Gasteiger partial charge in [-0.2, -0.15) is 0 Å². The third-order valence-electron chi connectivity index (χ3n) is 7.89. The largest absolute Gasteiger partial charge is 0.462 e. The van der Waals surface area contributed by atoms with Crippen molar-refractivity contribution < 1.29 is 19.1 Å². The first-order valence-corrected chi connectivity index (χ1v) is 18.3. The van der Waals surface area contributed by atoms with E-state index in [0.29, 0.717) is 12.8 Å². The fourth-order valence-electron chi connectivity index (χ4n) is 5.14. The molecule has 0 radical (unpaired) electrons. The second-order valence-electron chi connectivity index (χ2n) is 12.1. The van der Waals surface area contributed by atoms with E-state index in [4.69, 9.17) is 9.47 Å². The summed E-state index contributed by atoms with van der Waals surface area (Å²) in [5.41, 5.74) is 0. The zero-order valence-electron chi connectivity index (χ0n) is 28.2. The molecule has 0 aliphatic rings. The average molecular weight is 591 g/mol. The van der Waals surface area contributed by atoms with Crippen molar-refractivity contribution in [2.75, 3.05) is 13.2 Å². The number of allylic oxidation sites excluding steroid dienone is 4. The van der Waals surface area contributed by atoms with E-state index in [1.54, 1.807) is 0 Å². The molecular weight excluding hydrogens is 520 g/mol. The molecule has 0 aliphatic heterocycles. The van der Waals surface area contributed by atoms with Crippen molar-refractivity contribution in [1.29, 1.82) is 0 Å². The molecule has 0 unspecified atom stereocenters. The molecule has 0 atom stereocenters. The van der Waals surface area contributed by atoms with E-state index in [9.17, 15) is 9.59 Å². The maximum atomic E-state index is 11.9. The van der Waals surface area contributed by atoms with Crippen molar-refractivity contribution in [3.63, 3.8) is 0 Å². The van der Waals surface area contributed by atoms with E-state index < -0.39 is 0 Å². The lowest BCUT2D eigenvalue weighted by Gasteiger charge is -2.07. The topological polar surface area (TPSA) is 52.6 Å². The Morgan fingerprint density at radius 2 is 0.643 bits per heavy atom. The van der Waals surface area contributed by atoms with Gasteiger partial charge in [-0.25, -0.2) is 0 Å². The highest BCUT2D eigenvalue weighted by Crippen LogP contribution is 2.12. The van der Waals surface area contributed by atoms with Crippen molar-refractivity contribution in [1.82, 2.24) is 0 Å². The van der Waals surface area contributed by atoms with E-state index in [2.05, 4.69) is 38.2 Å². The molecule has 4 heteroatoms. The Kier molecular flexibility index (Phi) is 34.3. The molecule has 0 aromatic carbocycles. The van der Waals surface area contributed by atoms with E-state index in [1.807, 2.05) is 0 Å². The summed E-state index contributed by atoms with van der Waals surface area (Å²) >= 11 is 0. The van der Waals surface area contributed by atoms with Crippen LogP contribution in [0.2, 0.25) is 0 Å². The lowest BCUT2D eigenvalue weighted by molar-refractivity contribution is -0.152. The fraction of sp³-hybridized carbons (Fsp3) is 0.842. The molecule has 0 rings (SSSR count). The van der Waals surface area contributed by atoms with Crippen LogP contribution in [0.1, 0.15) is 194 Å².